The Morgan fingerprint density at radius 2 is 1.94 bits per heavy atom. The van der Waals surface area contributed by atoms with Crippen molar-refractivity contribution in [3.05, 3.63) is 58.6 Å². The Hall–Kier alpha value is -3.14. The standard InChI is InChI=1S/C23H26ClN3O6/c1-13-4-9-18(17(24)12-13)25-21(29)20(14(2)32-3)27-22(30)19(26-23(27)31)15-5-7-16(8-6-15)33-11-10-28/h4-9,12,14,19-20,28H,10-11H2,1-3H3,(H,25,29)(H,26,31)/t14?,19-,20?/m1/s1. The molecule has 0 aliphatic carbocycles. The number of amides is 4. The van der Waals surface area contributed by atoms with Crippen molar-refractivity contribution >= 4 is 35.1 Å². The van der Waals surface area contributed by atoms with Gasteiger partial charge in [0, 0.05) is 7.11 Å². The zero-order chi connectivity index (χ0) is 24.1. The monoisotopic (exact) mass is 475 g/mol. The zero-order valence-electron chi connectivity index (χ0n) is 18.5. The Labute approximate surface area is 196 Å². The highest BCUT2D eigenvalue weighted by molar-refractivity contribution is 6.33. The van der Waals surface area contributed by atoms with E-state index in [9.17, 15) is 14.4 Å². The van der Waals surface area contributed by atoms with Gasteiger partial charge in [-0.2, -0.15) is 0 Å². The lowest BCUT2D eigenvalue weighted by molar-refractivity contribution is -0.137. The van der Waals surface area contributed by atoms with E-state index in [4.69, 9.17) is 26.2 Å². The van der Waals surface area contributed by atoms with E-state index in [1.165, 1.54) is 7.11 Å². The molecule has 1 heterocycles. The van der Waals surface area contributed by atoms with Crippen LogP contribution in [0, 0.1) is 6.92 Å². The molecule has 3 atom stereocenters. The number of halogens is 1. The molecule has 2 unspecified atom stereocenters. The summed E-state index contributed by atoms with van der Waals surface area (Å²) in [5, 5.41) is 14.5. The van der Waals surface area contributed by atoms with Crippen LogP contribution in [0.5, 0.6) is 5.75 Å². The first kappa shape index (κ1) is 24.5. The number of carbonyl (C=O) groups is 3. The van der Waals surface area contributed by atoms with Crippen LogP contribution in [0.3, 0.4) is 0 Å². The van der Waals surface area contributed by atoms with Crippen LogP contribution in [0.15, 0.2) is 42.5 Å². The van der Waals surface area contributed by atoms with Crippen LogP contribution in [0.25, 0.3) is 0 Å². The van der Waals surface area contributed by atoms with Crippen LogP contribution in [0.4, 0.5) is 10.5 Å². The van der Waals surface area contributed by atoms with Crippen molar-refractivity contribution in [1.29, 1.82) is 0 Å². The number of ether oxygens (including phenoxy) is 2. The Bertz CT molecular complexity index is 1030. The third-order valence-corrected chi connectivity index (χ3v) is 5.60. The second-order valence-electron chi connectivity index (χ2n) is 7.59. The van der Waals surface area contributed by atoms with Gasteiger partial charge in [0.05, 0.1) is 23.4 Å². The average Bonchev–Trinajstić information content (AvgIpc) is 3.08. The molecule has 3 rings (SSSR count). The number of rotatable bonds is 9. The number of aryl methyl sites for hydroxylation is 1. The molecule has 0 bridgehead atoms. The van der Waals surface area contributed by atoms with Crippen LogP contribution < -0.4 is 15.4 Å². The Balaban J connectivity index is 1.83. The molecule has 176 valence electrons. The molecule has 10 heteroatoms. The van der Waals surface area contributed by atoms with E-state index in [2.05, 4.69) is 10.6 Å². The van der Waals surface area contributed by atoms with Crippen molar-refractivity contribution in [2.24, 2.45) is 0 Å². The van der Waals surface area contributed by atoms with E-state index in [0.29, 0.717) is 22.0 Å². The average molecular weight is 476 g/mol. The van der Waals surface area contributed by atoms with E-state index in [0.717, 1.165) is 10.5 Å². The minimum Gasteiger partial charge on any atom is -0.491 e. The number of hydrogen-bond acceptors (Lipinski definition) is 6. The molecule has 9 nitrogen and oxygen atoms in total. The number of aliphatic hydroxyl groups excluding tert-OH is 1. The topological polar surface area (TPSA) is 117 Å². The van der Waals surface area contributed by atoms with Gasteiger partial charge >= 0.3 is 6.03 Å². The number of anilines is 1. The van der Waals surface area contributed by atoms with Gasteiger partial charge in [0.2, 0.25) is 5.91 Å². The summed E-state index contributed by atoms with van der Waals surface area (Å²) in [5.41, 5.74) is 1.81. The van der Waals surface area contributed by atoms with Crippen molar-refractivity contribution < 1.29 is 29.0 Å². The molecule has 1 fully saturated rings. The Morgan fingerprint density at radius 1 is 1.24 bits per heavy atom. The maximum Gasteiger partial charge on any atom is 0.325 e. The molecule has 0 aromatic heterocycles. The molecule has 0 radical (unpaired) electrons. The highest BCUT2D eigenvalue weighted by Crippen LogP contribution is 2.28. The smallest absolute Gasteiger partial charge is 0.325 e. The summed E-state index contributed by atoms with van der Waals surface area (Å²) in [7, 11) is 1.39. The third-order valence-electron chi connectivity index (χ3n) is 5.29. The molecule has 0 spiro atoms. The lowest BCUT2D eigenvalue weighted by Crippen LogP contribution is -2.53. The number of nitrogens with one attached hydrogen (secondary N) is 2. The van der Waals surface area contributed by atoms with Crippen molar-refractivity contribution in [3.8, 4) is 5.75 Å². The quantitative estimate of drug-likeness (QED) is 0.480. The molecule has 2 aromatic rings. The first-order valence-electron chi connectivity index (χ1n) is 10.3. The zero-order valence-corrected chi connectivity index (χ0v) is 19.3. The molecule has 2 aromatic carbocycles. The van der Waals surface area contributed by atoms with Crippen molar-refractivity contribution in [3.63, 3.8) is 0 Å². The van der Waals surface area contributed by atoms with E-state index in [1.54, 1.807) is 49.4 Å². The van der Waals surface area contributed by atoms with Crippen LogP contribution in [-0.4, -0.2) is 60.3 Å². The van der Waals surface area contributed by atoms with Crippen molar-refractivity contribution in [2.75, 3.05) is 25.6 Å². The summed E-state index contributed by atoms with van der Waals surface area (Å²) in [4.78, 5) is 40.0. The highest BCUT2D eigenvalue weighted by Gasteiger charge is 2.47. The van der Waals surface area contributed by atoms with Gasteiger partial charge in [0.1, 0.15) is 24.4 Å². The molecule has 1 aliphatic rings. The second kappa shape index (κ2) is 10.7. The van der Waals surface area contributed by atoms with E-state index in [1.807, 2.05) is 6.92 Å². The summed E-state index contributed by atoms with van der Waals surface area (Å²) >= 11 is 6.23. The number of aliphatic hydroxyl groups is 1. The first-order valence-corrected chi connectivity index (χ1v) is 10.7. The number of hydrogen-bond donors (Lipinski definition) is 3. The van der Waals surface area contributed by atoms with Gasteiger partial charge in [0.15, 0.2) is 0 Å². The number of methoxy groups -OCH3 is 1. The van der Waals surface area contributed by atoms with Gasteiger partial charge in [0.25, 0.3) is 5.91 Å². The number of imide groups is 1. The first-order chi connectivity index (χ1) is 15.8. The fourth-order valence-electron chi connectivity index (χ4n) is 3.50. The van der Waals surface area contributed by atoms with Gasteiger partial charge in [-0.3, -0.25) is 9.59 Å². The molecule has 1 saturated heterocycles. The summed E-state index contributed by atoms with van der Waals surface area (Å²) in [6.07, 6.45) is -0.781. The van der Waals surface area contributed by atoms with Gasteiger partial charge in [-0.05, 0) is 49.2 Å². The van der Waals surface area contributed by atoms with Gasteiger partial charge in [-0.25, -0.2) is 9.69 Å². The van der Waals surface area contributed by atoms with Gasteiger partial charge in [-0.1, -0.05) is 29.8 Å². The SMILES string of the molecule is COC(C)C(C(=O)Nc1ccc(C)cc1Cl)N1C(=O)N[C@H](c2ccc(OCCO)cc2)C1=O. The number of carbonyl (C=O) groups excluding carboxylic acids is 3. The fourth-order valence-corrected chi connectivity index (χ4v) is 3.78. The molecule has 0 saturated carbocycles. The van der Waals surface area contributed by atoms with Crippen LogP contribution in [0.2, 0.25) is 5.02 Å². The fraction of sp³-hybridized carbons (Fsp3) is 0.348. The maximum atomic E-state index is 13.2. The summed E-state index contributed by atoms with van der Waals surface area (Å²) < 4.78 is 10.6. The summed E-state index contributed by atoms with van der Waals surface area (Å²) in [6, 6.07) is 8.79. The van der Waals surface area contributed by atoms with E-state index < -0.39 is 36.0 Å². The largest absolute Gasteiger partial charge is 0.491 e. The van der Waals surface area contributed by atoms with Crippen molar-refractivity contribution in [2.45, 2.75) is 32.0 Å². The lowest BCUT2D eigenvalue weighted by Gasteiger charge is -2.28. The molecular weight excluding hydrogens is 450 g/mol. The second-order valence-corrected chi connectivity index (χ2v) is 8.00. The normalized spacial score (nSPS) is 17.5. The minimum atomic E-state index is -1.22. The van der Waals surface area contributed by atoms with Crippen LogP contribution in [-0.2, 0) is 14.3 Å². The van der Waals surface area contributed by atoms with Crippen LogP contribution in [0.1, 0.15) is 24.1 Å². The summed E-state index contributed by atoms with van der Waals surface area (Å²) in [5.74, 6) is -0.670. The highest BCUT2D eigenvalue weighted by atomic mass is 35.5. The maximum absolute atomic E-state index is 13.2. The molecule has 4 amide bonds. The molecule has 3 N–H and O–H groups in total. The lowest BCUT2D eigenvalue weighted by atomic mass is 10.0. The van der Waals surface area contributed by atoms with Crippen molar-refractivity contribution in [1.82, 2.24) is 10.2 Å². The molecule has 33 heavy (non-hydrogen) atoms. The van der Waals surface area contributed by atoms with E-state index in [-0.39, 0.29) is 13.2 Å². The molecule has 1 aliphatic heterocycles. The van der Waals surface area contributed by atoms with E-state index >= 15 is 0 Å². The predicted octanol–water partition coefficient (Wildman–Crippen LogP) is 2.65. The third kappa shape index (κ3) is 5.44. The van der Waals surface area contributed by atoms with Gasteiger partial charge in [-0.15, -0.1) is 0 Å². The predicted molar refractivity (Wildman–Crippen MR) is 122 cm³/mol. The van der Waals surface area contributed by atoms with Gasteiger partial charge < -0.3 is 25.2 Å². The summed E-state index contributed by atoms with van der Waals surface area (Å²) in [6.45, 7) is 3.49. The number of urea groups is 1. The number of nitrogens with zero attached hydrogens (tertiary/aromatic N) is 1. The minimum absolute atomic E-state index is 0.122. The molecular formula is C23H26ClN3O6. The Kier molecular flexibility index (Phi) is 7.91. The van der Waals surface area contributed by atoms with Crippen LogP contribution >= 0.6 is 11.6 Å². The number of benzene rings is 2. The Morgan fingerprint density at radius 3 is 2.55 bits per heavy atom.